The van der Waals surface area contributed by atoms with E-state index in [9.17, 15) is 4.79 Å². The van der Waals surface area contributed by atoms with E-state index >= 15 is 0 Å². The molecule has 122 valence electrons. The molecule has 1 heterocycles. The Morgan fingerprint density at radius 3 is 2.17 bits per heavy atom. The molecule has 0 unspecified atom stereocenters. The van der Waals surface area contributed by atoms with Gasteiger partial charge in [-0.2, -0.15) is 0 Å². The van der Waals surface area contributed by atoms with E-state index in [0.29, 0.717) is 12.1 Å². The van der Waals surface area contributed by atoms with Crippen molar-refractivity contribution in [2.75, 3.05) is 13.6 Å². The van der Waals surface area contributed by atoms with Gasteiger partial charge in [-0.05, 0) is 24.6 Å². The molecule has 2 rings (SSSR count). The zero-order valence-electron chi connectivity index (χ0n) is 13.7. The molecule has 0 fully saturated rings. The van der Waals surface area contributed by atoms with Crippen LogP contribution in [-0.4, -0.2) is 29.4 Å². The minimum Gasteiger partial charge on any atom is -0.341 e. The molecule has 1 aromatic carbocycles. The fourth-order valence-corrected chi connectivity index (χ4v) is 3.03. The van der Waals surface area contributed by atoms with Crippen molar-refractivity contribution in [2.24, 2.45) is 0 Å². The van der Waals surface area contributed by atoms with Crippen molar-refractivity contribution in [3.63, 3.8) is 0 Å². The first-order valence-corrected chi connectivity index (χ1v) is 8.10. The molecule has 0 radical (unpaired) electrons. The number of rotatable bonds is 4. The quantitative estimate of drug-likeness (QED) is 0.745. The van der Waals surface area contributed by atoms with Gasteiger partial charge in [-0.15, -0.1) is 0 Å². The second-order valence-corrected chi connectivity index (χ2v) is 7.19. The Morgan fingerprint density at radius 2 is 1.65 bits per heavy atom. The van der Waals surface area contributed by atoms with Gasteiger partial charge in [0.25, 0.3) is 5.91 Å². The molecule has 0 atom stereocenters. The van der Waals surface area contributed by atoms with Crippen LogP contribution >= 0.6 is 23.2 Å². The summed E-state index contributed by atoms with van der Waals surface area (Å²) < 4.78 is 0. The fourth-order valence-electron chi connectivity index (χ4n) is 2.57. The second-order valence-electron chi connectivity index (χ2n) is 6.41. The van der Waals surface area contributed by atoms with Gasteiger partial charge >= 0.3 is 0 Å². The van der Waals surface area contributed by atoms with Crippen molar-refractivity contribution in [2.45, 2.75) is 26.2 Å². The molecule has 0 saturated heterocycles. The van der Waals surface area contributed by atoms with E-state index in [1.165, 1.54) is 23.3 Å². The van der Waals surface area contributed by atoms with Crippen molar-refractivity contribution in [3.8, 4) is 0 Å². The number of hydrogen-bond acceptors (Lipinski definition) is 2. The van der Waals surface area contributed by atoms with Crippen molar-refractivity contribution in [3.05, 3.63) is 63.4 Å². The summed E-state index contributed by atoms with van der Waals surface area (Å²) in [6, 6.07) is 11.4. The summed E-state index contributed by atoms with van der Waals surface area (Å²) in [4.78, 5) is 18.1. The van der Waals surface area contributed by atoms with E-state index in [1.807, 2.05) is 0 Å². The molecule has 0 N–H and O–H groups in total. The number of carbonyl (C=O) groups excluding carboxylic acids is 1. The van der Waals surface area contributed by atoms with Gasteiger partial charge in [-0.3, -0.25) is 4.79 Å². The number of pyridine rings is 1. The van der Waals surface area contributed by atoms with Crippen LogP contribution in [0.2, 0.25) is 10.3 Å². The lowest BCUT2D eigenvalue weighted by atomic mass is 9.83. The number of aromatic nitrogens is 1. The summed E-state index contributed by atoms with van der Waals surface area (Å²) >= 11 is 11.8. The van der Waals surface area contributed by atoms with Gasteiger partial charge in [0.2, 0.25) is 0 Å². The average molecular weight is 351 g/mol. The molecule has 0 saturated carbocycles. The number of halogens is 2. The summed E-state index contributed by atoms with van der Waals surface area (Å²) in [5, 5.41) is 0.430. The lowest BCUT2D eigenvalue weighted by Crippen LogP contribution is -2.38. The standard InChI is InChI=1S/C18H20Cl2N2O/c1-12-5-7-14(8-6-12)18(2,3)11-22(4)17(23)13-9-15(19)21-16(20)10-13/h5-10H,11H2,1-4H3. The van der Waals surface area contributed by atoms with Crippen LogP contribution < -0.4 is 0 Å². The summed E-state index contributed by atoms with van der Waals surface area (Å²) in [6.07, 6.45) is 0. The first-order valence-electron chi connectivity index (χ1n) is 7.35. The van der Waals surface area contributed by atoms with E-state index in [0.717, 1.165) is 0 Å². The number of hydrogen-bond donors (Lipinski definition) is 0. The molecule has 1 aromatic heterocycles. The van der Waals surface area contributed by atoms with Crippen LogP contribution in [0.1, 0.15) is 35.3 Å². The lowest BCUT2D eigenvalue weighted by molar-refractivity contribution is 0.0767. The van der Waals surface area contributed by atoms with Crippen LogP contribution in [0.15, 0.2) is 36.4 Å². The fraction of sp³-hybridized carbons (Fsp3) is 0.333. The van der Waals surface area contributed by atoms with Crippen molar-refractivity contribution >= 4 is 29.1 Å². The summed E-state index contributed by atoms with van der Waals surface area (Å²) in [5.74, 6) is -0.128. The largest absolute Gasteiger partial charge is 0.341 e. The van der Waals surface area contributed by atoms with E-state index in [-0.39, 0.29) is 21.6 Å². The predicted octanol–water partition coefficient (Wildman–Crippen LogP) is 4.75. The molecule has 3 nitrogen and oxygen atoms in total. The Kier molecular flexibility index (Phi) is 5.33. The van der Waals surface area contributed by atoms with Crippen LogP contribution in [-0.2, 0) is 5.41 Å². The lowest BCUT2D eigenvalue weighted by Gasteiger charge is -2.31. The molecular formula is C18H20Cl2N2O. The molecule has 0 aliphatic heterocycles. The number of aryl methyl sites for hydroxylation is 1. The number of likely N-dealkylation sites (N-methyl/N-ethyl adjacent to an activating group) is 1. The molecule has 0 bridgehead atoms. The van der Waals surface area contributed by atoms with Gasteiger partial charge in [-0.1, -0.05) is 66.9 Å². The van der Waals surface area contributed by atoms with E-state index in [2.05, 4.69) is 50.0 Å². The Hall–Kier alpha value is -1.58. The Morgan fingerprint density at radius 1 is 1.13 bits per heavy atom. The minimum atomic E-state index is -0.168. The number of carbonyl (C=O) groups is 1. The van der Waals surface area contributed by atoms with Gasteiger partial charge < -0.3 is 4.90 Å². The molecule has 5 heteroatoms. The third kappa shape index (κ3) is 4.46. The monoisotopic (exact) mass is 350 g/mol. The van der Waals surface area contributed by atoms with Gasteiger partial charge in [-0.25, -0.2) is 4.98 Å². The smallest absolute Gasteiger partial charge is 0.253 e. The van der Waals surface area contributed by atoms with Crippen LogP contribution in [0.3, 0.4) is 0 Å². The highest BCUT2D eigenvalue weighted by Crippen LogP contribution is 2.25. The summed E-state index contributed by atoms with van der Waals surface area (Å²) in [6.45, 7) is 6.87. The molecule has 0 aliphatic rings. The first kappa shape index (κ1) is 17.8. The van der Waals surface area contributed by atoms with Crippen LogP contribution in [0.25, 0.3) is 0 Å². The molecular weight excluding hydrogens is 331 g/mol. The summed E-state index contributed by atoms with van der Waals surface area (Å²) in [7, 11) is 1.78. The van der Waals surface area contributed by atoms with E-state index < -0.39 is 0 Å². The van der Waals surface area contributed by atoms with Crippen molar-refractivity contribution in [1.29, 1.82) is 0 Å². The number of nitrogens with zero attached hydrogens (tertiary/aromatic N) is 2. The molecule has 2 aromatic rings. The van der Waals surface area contributed by atoms with Crippen LogP contribution in [0, 0.1) is 6.92 Å². The topological polar surface area (TPSA) is 33.2 Å². The van der Waals surface area contributed by atoms with Gasteiger partial charge in [0.15, 0.2) is 0 Å². The van der Waals surface area contributed by atoms with Gasteiger partial charge in [0.05, 0.1) is 0 Å². The maximum atomic E-state index is 12.6. The molecule has 23 heavy (non-hydrogen) atoms. The average Bonchev–Trinajstić information content (AvgIpc) is 2.45. The van der Waals surface area contributed by atoms with Gasteiger partial charge in [0, 0.05) is 24.6 Å². The van der Waals surface area contributed by atoms with Gasteiger partial charge in [0.1, 0.15) is 10.3 Å². The van der Waals surface area contributed by atoms with Crippen LogP contribution in [0.5, 0.6) is 0 Å². The molecule has 1 amide bonds. The first-order chi connectivity index (χ1) is 10.7. The molecule has 0 aliphatic carbocycles. The SMILES string of the molecule is Cc1ccc(C(C)(C)CN(C)C(=O)c2cc(Cl)nc(Cl)c2)cc1. The highest BCUT2D eigenvalue weighted by atomic mass is 35.5. The van der Waals surface area contributed by atoms with Crippen molar-refractivity contribution < 1.29 is 4.79 Å². The third-order valence-corrected chi connectivity index (χ3v) is 4.21. The van der Waals surface area contributed by atoms with E-state index in [4.69, 9.17) is 23.2 Å². The highest BCUT2D eigenvalue weighted by molar-refractivity contribution is 6.33. The minimum absolute atomic E-state index is 0.128. The second kappa shape index (κ2) is 6.90. The Bertz CT molecular complexity index is 691. The normalized spacial score (nSPS) is 11.4. The zero-order chi connectivity index (χ0) is 17.2. The maximum absolute atomic E-state index is 12.6. The van der Waals surface area contributed by atoms with Crippen LogP contribution in [0.4, 0.5) is 0 Å². The summed E-state index contributed by atoms with van der Waals surface area (Å²) in [5.41, 5.74) is 2.68. The molecule has 0 spiro atoms. The zero-order valence-corrected chi connectivity index (χ0v) is 15.2. The van der Waals surface area contributed by atoms with Crippen molar-refractivity contribution in [1.82, 2.24) is 9.88 Å². The van der Waals surface area contributed by atoms with E-state index in [1.54, 1.807) is 11.9 Å². The maximum Gasteiger partial charge on any atom is 0.253 e. The Balaban J connectivity index is 2.18. The number of benzene rings is 1. The highest BCUT2D eigenvalue weighted by Gasteiger charge is 2.25. The third-order valence-electron chi connectivity index (χ3n) is 3.82. The number of amides is 1. The Labute approximate surface area is 147 Å². The predicted molar refractivity (Wildman–Crippen MR) is 95.4 cm³/mol.